The molecule has 2 aromatic carbocycles. The van der Waals surface area contributed by atoms with Crippen LogP contribution in [0.2, 0.25) is 0 Å². The van der Waals surface area contributed by atoms with Gasteiger partial charge in [-0.1, -0.05) is 48.0 Å². The third-order valence-corrected chi connectivity index (χ3v) is 6.61. The predicted octanol–water partition coefficient (Wildman–Crippen LogP) is 3.83. The van der Waals surface area contributed by atoms with Crippen LogP contribution in [0.4, 0.5) is 11.4 Å². The highest BCUT2D eigenvalue weighted by molar-refractivity contribution is 9.10. The lowest BCUT2D eigenvalue weighted by Gasteiger charge is -2.20. The average Bonchev–Trinajstić information content (AvgIpc) is 2.64. The zero-order chi connectivity index (χ0) is 20.0. The van der Waals surface area contributed by atoms with Crippen LogP contribution in [0.15, 0.2) is 56.9 Å². The summed E-state index contributed by atoms with van der Waals surface area (Å²) in [5, 5.41) is 15.2. The van der Waals surface area contributed by atoms with Crippen LogP contribution in [0, 0.1) is 10.1 Å². The maximum absolute atomic E-state index is 12.9. The number of sulfonamides is 1. The minimum absolute atomic E-state index is 0.163. The van der Waals surface area contributed by atoms with E-state index in [-0.39, 0.29) is 29.4 Å². The minimum Gasteiger partial charge on any atom is -0.277 e. The second-order valence-corrected chi connectivity index (χ2v) is 8.18. The number of nitrogens with zero attached hydrogens (tertiary/aromatic N) is 3. The summed E-state index contributed by atoms with van der Waals surface area (Å²) >= 11 is 3.40. The summed E-state index contributed by atoms with van der Waals surface area (Å²) in [5.74, 6) is 0. The number of hydrogen-bond acceptors (Lipinski definition) is 6. The molecule has 144 valence electrons. The number of nitro benzene ring substituents is 1. The molecule has 0 aliphatic rings. The molecule has 0 saturated heterocycles. The highest BCUT2D eigenvalue weighted by atomic mass is 79.9. The van der Waals surface area contributed by atoms with Gasteiger partial charge in [0.1, 0.15) is 4.90 Å². The minimum atomic E-state index is -3.91. The molecule has 10 heteroatoms. The number of benzene rings is 2. The molecular formula is C17H19BrN4O4S. The lowest BCUT2D eigenvalue weighted by atomic mass is 10.2. The van der Waals surface area contributed by atoms with E-state index in [9.17, 15) is 18.5 Å². The first-order valence-electron chi connectivity index (χ1n) is 8.13. The summed E-state index contributed by atoms with van der Waals surface area (Å²) in [6.45, 7) is 3.91. The SMILES string of the molecule is CCN(CC)S(=O)(=O)c1cc([N+](=O)[O-])ccc1NN=Cc1ccccc1Br. The molecule has 8 nitrogen and oxygen atoms in total. The van der Waals surface area contributed by atoms with Crippen LogP contribution < -0.4 is 5.43 Å². The standard InChI is InChI=1S/C17H19BrN4O4S/c1-3-21(4-2)27(25,26)17-11-14(22(23)24)9-10-16(17)20-19-12-13-7-5-6-8-15(13)18/h5-12,20H,3-4H2,1-2H3. The third-order valence-electron chi connectivity index (χ3n) is 3.79. The summed E-state index contributed by atoms with van der Waals surface area (Å²) in [6, 6.07) is 11.0. The van der Waals surface area contributed by atoms with Crippen molar-refractivity contribution < 1.29 is 13.3 Å². The zero-order valence-corrected chi connectivity index (χ0v) is 17.2. The number of halogens is 1. The smallest absolute Gasteiger partial charge is 0.270 e. The van der Waals surface area contributed by atoms with Gasteiger partial charge in [0.05, 0.1) is 16.8 Å². The van der Waals surface area contributed by atoms with Gasteiger partial charge in [0, 0.05) is 35.3 Å². The van der Waals surface area contributed by atoms with Crippen LogP contribution in [-0.4, -0.2) is 37.0 Å². The molecule has 0 atom stereocenters. The van der Waals surface area contributed by atoms with Gasteiger partial charge in [-0.15, -0.1) is 0 Å². The fourth-order valence-corrected chi connectivity index (χ4v) is 4.39. The van der Waals surface area contributed by atoms with Crippen LogP contribution in [-0.2, 0) is 10.0 Å². The molecule has 0 aliphatic heterocycles. The van der Waals surface area contributed by atoms with E-state index in [0.29, 0.717) is 0 Å². The van der Waals surface area contributed by atoms with Crippen LogP contribution in [0.25, 0.3) is 0 Å². The molecule has 0 aliphatic carbocycles. The van der Waals surface area contributed by atoms with Crippen molar-refractivity contribution in [2.24, 2.45) is 5.10 Å². The number of nitro groups is 1. The number of anilines is 1. The van der Waals surface area contributed by atoms with E-state index >= 15 is 0 Å². The van der Waals surface area contributed by atoms with Crippen molar-refractivity contribution in [3.8, 4) is 0 Å². The molecule has 2 aromatic rings. The van der Waals surface area contributed by atoms with E-state index in [1.807, 2.05) is 24.3 Å². The highest BCUT2D eigenvalue weighted by Gasteiger charge is 2.27. The molecule has 0 unspecified atom stereocenters. The Morgan fingerprint density at radius 2 is 1.89 bits per heavy atom. The van der Waals surface area contributed by atoms with Gasteiger partial charge in [0.2, 0.25) is 10.0 Å². The van der Waals surface area contributed by atoms with Gasteiger partial charge in [0.15, 0.2) is 0 Å². The molecule has 0 saturated carbocycles. The Bertz CT molecular complexity index is 959. The molecule has 1 N–H and O–H groups in total. The molecule has 2 rings (SSSR count). The van der Waals surface area contributed by atoms with Gasteiger partial charge in [-0.2, -0.15) is 9.41 Å². The lowest BCUT2D eigenvalue weighted by Crippen LogP contribution is -2.31. The Balaban J connectivity index is 2.44. The van der Waals surface area contributed by atoms with Gasteiger partial charge >= 0.3 is 0 Å². The quantitative estimate of drug-likeness (QED) is 0.370. The largest absolute Gasteiger partial charge is 0.277 e. The average molecular weight is 455 g/mol. The summed E-state index contributed by atoms with van der Waals surface area (Å²) in [6.07, 6.45) is 1.53. The van der Waals surface area contributed by atoms with E-state index in [1.165, 1.54) is 22.7 Å². The van der Waals surface area contributed by atoms with Crippen LogP contribution >= 0.6 is 15.9 Å². The molecular weight excluding hydrogens is 436 g/mol. The van der Waals surface area contributed by atoms with Gasteiger partial charge in [-0.25, -0.2) is 8.42 Å². The second-order valence-electron chi connectivity index (χ2n) is 5.42. The number of hydrogen-bond donors (Lipinski definition) is 1. The van der Waals surface area contributed by atoms with Gasteiger partial charge in [-0.05, 0) is 12.1 Å². The summed E-state index contributed by atoms with van der Waals surface area (Å²) < 4.78 is 27.8. The lowest BCUT2D eigenvalue weighted by molar-refractivity contribution is -0.385. The van der Waals surface area contributed by atoms with Crippen molar-refractivity contribution >= 4 is 43.5 Å². The molecule has 0 radical (unpaired) electrons. The molecule has 27 heavy (non-hydrogen) atoms. The second kappa shape index (κ2) is 9.07. The predicted molar refractivity (Wildman–Crippen MR) is 109 cm³/mol. The van der Waals surface area contributed by atoms with E-state index in [4.69, 9.17) is 0 Å². The van der Waals surface area contributed by atoms with Crippen molar-refractivity contribution in [2.45, 2.75) is 18.7 Å². The van der Waals surface area contributed by atoms with Gasteiger partial charge in [0.25, 0.3) is 5.69 Å². The van der Waals surface area contributed by atoms with Crippen molar-refractivity contribution in [3.05, 3.63) is 62.6 Å². The Morgan fingerprint density at radius 1 is 1.22 bits per heavy atom. The zero-order valence-electron chi connectivity index (χ0n) is 14.8. The summed E-state index contributed by atoms with van der Waals surface area (Å²) in [4.78, 5) is 10.3. The number of hydrazone groups is 1. The van der Waals surface area contributed by atoms with E-state index in [2.05, 4.69) is 26.5 Å². The molecule has 0 aromatic heterocycles. The summed E-state index contributed by atoms with van der Waals surface area (Å²) in [5.41, 5.74) is 3.33. The van der Waals surface area contributed by atoms with Crippen molar-refractivity contribution in [1.29, 1.82) is 0 Å². The van der Waals surface area contributed by atoms with E-state index < -0.39 is 14.9 Å². The molecule has 0 spiro atoms. The Morgan fingerprint density at radius 3 is 2.48 bits per heavy atom. The Hall–Kier alpha value is -2.30. The Labute approximate surface area is 166 Å². The van der Waals surface area contributed by atoms with Crippen LogP contribution in [0.1, 0.15) is 19.4 Å². The monoisotopic (exact) mass is 454 g/mol. The first-order valence-corrected chi connectivity index (χ1v) is 10.4. The number of nitrogens with one attached hydrogen (secondary N) is 1. The van der Waals surface area contributed by atoms with Crippen molar-refractivity contribution in [3.63, 3.8) is 0 Å². The number of rotatable bonds is 8. The fraction of sp³-hybridized carbons (Fsp3) is 0.235. The van der Waals surface area contributed by atoms with Gasteiger partial charge < -0.3 is 0 Å². The normalized spacial score (nSPS) is 11.9. The number of non-ortho nitro benzene ring substituents is 1. The molecule has 0 fully saturated rings. The third kappa shape index (κ3) is 4.90. The summed E-state index contributed by atoms with van der Waals surface area (Å²) in [7, 11) is -3.91. The molecule has 0 bridgehead atoms. The van der Waals surface area contributed by atoms with Crippen LogP contribution in [0.5, 0.6) is 0 Å². The van der Waals surface area contributed by atoms with E-state index in [0.717, 1.165) is 16.1 Å². The molecule has 0 amide bonds. The first-order chi connectivity index (χ1) is 12.8. The van der Waals surface area contributed by atoms with Crippen molar-refractivity contribution in [2.75, 3.05) is 18.5 Å². The Kier molecular flexibility index (Phi) is 7.05. The first kappa shape index (κ1) is 21.0. The van der Waals surface area contributed by atoms with Gasteiger partial charge in [-0.3, -0.25) is 15.5 Å². The fourth-order valence-electron chi connectivity index (χ4n) is 2.38. The maximum Gasteiger partial charge on any atom is 0.270 e. The molecule has 0 heterocycles. The maximum atomic E-state index is 12.9. The van der Waals surface area contributed by atoms with Crippen LogP contribution in [0.3, 0.4) is 0 Å². The van der Waals surface area contributed by atoms with E-state index in [1.54, 1.807) is 13.8 Å². The topological polar surface area (TPSA) is 105 Å². The highest BCUT2D eigenvalue weighted by Crippen LogP contribution is 2.29. The van der Waals surface area contributed by atoms with Crippen molar-refractivity contribution in [1.82, 2.24) is 4.31 Å².